The van der Waals surface area contributed by atoms with Crippen molar-refractivity contribution in [2.45, 2.75) is 39.3 Å². The minimum atomic E-state index is -0.638. The first kappa shape index (κ1) is 26.6. The number of anilines is 2. The van der Waals surface area contributed by atoms with E-state index in [-0.39, 0.29) is 43.3 Å². The highest BCUT2D eigenvalue weighted by Gasteiger charge is 2.30. The second-order valence-electron chi connectivity index (χ2n) is 9.33. The molecule has 0 amide bonds. The summed E-state index contributed by atoms with van der Waals surface area (Å²) in [6, 6.07) is 7.89. The van der Waals surface area contributed by atoms with E-state index in [9.17, 15) is 14.9 Å². The van der Waals surface area contributed by atoms with Crippen molar-refractivity contribution in [3.63, 3.8) is 0 Å². The van der Waals surface area contributed by atoms with E-state index in [1.54, 1.807) is 6.92 Å². The first-order valence-electron chi connectivity index (χ1n) is 12.7. The Labute approximate surface area is 215 Å². The molecule has 12 nitrogen and oxygen atoms in total. The van der Waals surface area contributed by atoms with Gasteiger partial charge in [0, 0.05) is 25.6 Å². The number of esters is 1. The van der Waals surface area contributed by atoms with Crippen molar-refractivity contribution in [1.29, 1.82) is 0 Å². The van der Waals surface area contributed by atoms with Crippen LogP contribution in [0.15, 0.2) is 24.3 Å². The van der Waals surface area contributed by atoms with E-state index >= 15 is 0 Å². The number of benzene rings is 1. The fraction of sp³-hybridized carbons (Fsp3) is 0.560. The Morgan fingerprint density at radius 1 is 1.30 bits per heavy atom. The van der Waals surface area contributed by atoms with Gasteiger partial charge in [0.2, 0.25) is 11.6 Å². The third-order valence-electron chi connectivity index (χ3n) is 6.42. The molecule has 37 heavy (non-hydrogen) atoms. The van der Waals surface area contributed by atoms with Crippen molar-refractivity contribution in [3.05, 3.63) is 45.5 Å². The summed E-state index contributed by atoms with van der Waals surface area (Å²) < 4.78 is 16.3. The molecule has 0 saturated carbocycles. The molecule has 0 bridgehead atoms. The van der Waals surface area contributed by atoms with Gasteiger partial charge in [-0.3, -0.25) is 19.8 Å². The number of hydrogen-bond acceptors (Lipinski definition) is 11. The SMILES string of the molecule is CCOC(=O)CN(Cc1cccc(CN2CCCC2)c1)c1nc(OCC2CCOC2)nc(N)c1[N+](=O)[O-]. The predicted molar refractivity (Wildman–Crippen MR) is 136 cm³/mol. The van der Waals surface area contributed by atoms with E-state index < -0.39 is 16.6 Å². The van der Waals surface area contributed by atoms with E-state index in [0.29, 0.717) is 19.8 Å². The van der Waals surface area contributed by atoms with E-state index in [4.69, 9.17) is 19.9 Å². The van der Waals surface area contributed by atoms with Gasteiger partial charge in [0.25, 0.3) is 0 Å². The molecule has 2 aromatic rings. The summed E-state index contributed by atoms with van der Waals surface area (Å²) in [4.78, 5) is 36.1. The van der Waals surface area contributed by atoms with Gasteiger partial charge in [0.05, 0.1) is 24.7 Å². The van der Waals surface area contributed by atoms with Crippen LogP contribution in [0, 0.1) is 16.0 Å². The molecular weight excluding hydrogens is 480 g/mol. The van der Waals surface area contributed by atoms with Crippen LogP contribution in [0.4, 0.5) is 17.3 Å². The van der Waals surface area contributed by atoms with Crippen LogP contribution >= 0.6 is 0 Å². The lowest BCUT2D eigenvalue weighted by Gasteiger charge is -2.24. The summed E-state index contributed by atoms with van der Waals surface area (Å²) in [5, 5.41) is 12.0. The van der Waals surface area contributed by atoms with Gasteiger partial charge in [-0.2, -0.15) is 9.97 Å². The van der Waals surface area contributed by atoms with Crippen molar-refractivity contribution < 1.29 is 23.9 Å². The molecule has 0 radical (unpaired) electrons. The van der Waals surface area contributed by atoms with Crippen LogP contribution < -0.4 is 15.4 Å². The van der Waals surface area contributed by atoms with Crippen LogP contribution in [0.3, 0.4) is 0 Å². The Morgan fingerprint density at radius 3 is 2.78 bits per heavy atom. The summed E-state index contributed by atoms with van der Waals surface area (Å²) in [5.74, 6) is -0.775. The Balaban J connectivity index is 1.62. The zero-order chi connectivity index (χ0) is 26.2. The van der Waals surface area contributed by atoms with Crippen molar-refractivity contribution in [1.82, 2.24) is 14.9 Å². The smallest absolute Gasteiger partial charge is 0.353 e. The number of ether oxygens (including phenoxy) is 3. The van der Waals surface area contributed by atoms with Gasteiger partial charge in [-0.25, -0.2) is 0 Å². The fourth-order valence-corrected chi connectivity index (χ4v) is 4.62. The molecule has 1 aromatic carbocycles. The largest absolute Gasteiger partial charge is 0.465 e. The first-order valence-corrected chi connectivity index (χ1v) is 12.7. The zero-order valence-corrected chi connectivity index (χ0v) is 21.1. The maximum atomic E-state index is 12.5. The number of rotatable bonds is 12. The van der Waals surface area contributed by atoms with Gasteiger partial charge in [-0.1, -0.05) is 24.3 Å². The van der Waals surface area contributed by atoms with Gasteiger partial charge in [-0.05, 0) is 50.4 Å². The number of hydrogen-bond donors (Lipinski definition) is 1. The lowest BCUT2D eigenvalue weighted by molar-refractivity contribution is -0.383. The summed E-state index contributed by atoms with van der Waals surface area (Å²) in [6.07, 6.45) is 3.24. The zero-order valence-electron chi connectivity index (χ0n) is 21.1. The molecular formula is C25H34N6O6. The number of aromatic nitrogens is 2. The van der Waals surface area contributed by atoms with Crippen molar-refractivity contribution >= 4 is 23.3 Å². The molecule has 2 N–H and O–H groups in total. The maximum absolute atomic E-state index is 12.5. The fourth-order valence-electron chi connectivity index (χ4n) is 4.62. The molecule has 0 spiro atoms. The highest BCUT2D eigenvalue weighted by Crippen LogP contribution is 2.34. The average Bonchev–Trinajstić information content (AvgIpc) is 3.57. The number of nitrogens with two attached hydrogens (primary N) is 1. The van der Waals surface area contributed by atoms with Crippen molar-refractivity contribution in [2.75, 3.05) is 56.7 Å². The van der Waals surface area contributed by atoms with Crippen LogP contribution in [0.1, 0.15) is 37.3 Å². The van der Waals surface area contributed by atoms with Crippen LogP contribution in [0.25, 0.3) is 0 Å². The molecule has 4 rings (SSSR count). The van der Waals surface area contributed by atoms with E-state index in [2.05, 4.69) is 20.9 Å². The molecule has 1 atom stereocenters. The quantitative estimate of drug-likeness (QED) is 0.253. The van der Waals surface area contributed by atoms with Gasteiger partial charge in [0.15, 0.2) is 0 Å². The summed E-state index contributed by atoms with van der Waals surface area (Å²) in [5.41, 5.74) is 7.53. The minimum Gasteiger partial charge on any atom is -0.465 e. The number of nitrogen functional groups attached to an aromatic ring is 1. The molecule has 1 aromatic heterocycles. The molecule has 2 saturated heterocycles. The highest BCUT2D eigenvalue weighted by molar-refractivity contribution is 5.78. The average molecular weight is 515 g/mol. The normalized spacial score (nSPS) is 17.6. The second-order valence-corrected chi connectivity index (χ2v) is 9.33. The minimum absolute atomic E-state index is 0.0818. The molecule has 2 aliphatic heterocycles. The van der Waals surface area contributed by atoms with E-state index in [1.165, 1.54) is 17.7 Å². The lowest BCUT2D eigenvalue weighted by Crippen LogP contribution is -2.32. The topological polar surface area (TPSA) is 146 Å². The standard InChI is InChI=1S/C25H34N6O6/c1-2-36-21(32)15-30(14-19-7-5-6-18(12-19)13-29-9-3-4-10-29)24-22(31(33)34)23(26)27-25(28-24)37-17-20-8-11-35-16-20/h5-7,12,20H,2-4,8-11,13-17H2,1H3,(H2,26,27,28). The Bertz CT molecular complexity index is 1090. The highest BCUT2D eigenvalue weighted by atomic mass is 16.6. The van der Waals surface area contributed by atoms with E-state index in [1.807, 2.05) is 18.2 Å². The number of nitro groups is 1. The molecule has 2 aliphatic rings. The second kappa shape index (κ2) is 12.6. The Hall–Kier alpha value is -3.51. The Kier molecular flexibility index (Phi) is 9.07. The molecule has 12 heteroatoms. The van der Waals surface area contributed by atoms with E-state index in [0.717, 1.165) is 37.2 Å². The van der Waals surface area contributed by atoms with Gasteiger partial charge >= 0.3 is 17.7 Å². The number of carbonyl (C=O) groups is 1. The monoisotopic (exact) mass is 514 g/mol. The number of carbonyl (C=O) groups excluding carboxylic acids is 1. The summed E-state index contributed by atoms with van der Waals surface area (Å²) in [6.45, 7) is 6.31. The molecule has 2 fully saturated rings. The van der Waals surface area contributed by atoms with Crippen LogP contribution in [-0.4, -0.2) is 71.8 Å². The predicted octanol–water partition coefficient (Wildman–Crippen LogP) is 2.55. The molecule has 1 unspecified atom stereocenters. The van der Waals surface area contributed by atoms with Crippen LogP contribution in [-0.2, 0) is 27.4 Å². The van der Waals surface area contributed by atoms with Gasteiger partial charge in [-0.15, -0.1) is 0 Å². The van der Waals surface area contributed by atoms with Gasteiger partial charge in [0.1, 0.15) is 6.54 Å². The number of likely N-dealkylation sites (tertiary alicyclic amines) is 1. The summed E-state index contributed by atoms with van der Waals surface area (Å²) >= 11 is 0. The van der Waals surface area contributed by atoms with Crippen LogP contribution in [0.5, 0.6) is 6.01 Å². The van der Waals surface area contributed by atoms with Crippen molar-refractivity contribution in [3.8, 4) is 6.01 Å². The maximum Gasteiger partial charge on any atom is 0.353 e. The lowest BCUT2D eigenvalue weighted by atomic mass is 10.1. The van der Waals surface area contributed by atoms with Crippen molar-refractivity contribution in [2.24, 2.45) is 5.92 Å². The first-order chi connectivity index (χ1) is 17.9. The molecule has 0 aliphatic carbocycles. The number of nitrogens with zero attached hydrogens (tertiary/aromatic N) is 5. The third kappa shape index (κ3) is 7.26. The third-order valence-corrected chi connectivity index (χ3v) is 6.42. The van der Waals surface area contributed by atoms with Crippen LogP contribution in [0.2, 0.25) is 0 Å². The summed E-state index contributed by atoms with van der Waals surface area (Å²) in [7, 11) is 0. The van der Waals surface area contributed by atoms with Gasteiger partial charge < -0.3 is 24.8 Å². The Morgan fingerprint density at radius 2 is 2.08 bits per heavy atom. The molecule has 200 valence electrons. The molecule has 3 heterocycles.